The molecule has 0 amide bonds. The summed E-state index contributed by atoms with van der Waals surface area (Å²) < 4.78 is 7.01. The summed E-state index contributed by atoms with van der Waals surface area (Å²) in [6, 6.07) is 3.61. The summed E-state index contributed by atoms with van der Waals surface area (Å²) in [7, 11) is 0. The van der Waals surface area contributed by atoms with Gasteiger partial charge in [-0.05, 0) is 18.6 Å². The number of aromatic nitrogens is 3. The zero-order valence-corrected chi connectivity index (χ0v) is 10.7. The van der Waals surface area contributed by atoms with E-state index < -0.39 is 0 Å². The number of anilines is 1. The number of hydrogen-bond donors (Lipinski definition) is 1. The zero-order valence-electron chi connectivity index (χ0n) is 9.97. The summed E-state index contributed by atoms with van der Waals surface area (Å²) in [4.78, 5) is 4.30. The highest BCUT2D eigenvalue weighted by molar-refractivity contribution is 6.30. The van der Waals surface area contributed by atoms with Crippen LogP contribution in [-0.2, 0) is 4.74 Å². The average molecular weight is 267 g/mol. The van der Waals surface area contributed by atoms with Gasteiger partial charge in [-0.1, -0.05) is 17.7 Å². The van der Waals surface area contributed by atoms with Crippen LogP contribution in [0.1, 0.15) is 6.42 Å². The molecule has 6 heteroatoms. The first-order chi connectivity index (χ1) is 8.79. The van der Waals surface area contributed by atoms with E-state index in [0.29, 0.717) is 30.7 Å². The van der Waals surface area contributed by atoms with Crippen molar-refractivity contribution in [2.45, 2.75) is 6.42 Å². The van der Waals surface area contributed by atoms with Crippen LogP contribution in [0.2, 0.25) is 5.02 Å². The fourth-order valence-electron chi connectivity index (χ4n) is 1.44. The molecule has 0 saturated carbocycles. The first kappa shape index (κ1) is 12.9. The largest absolute Gasteiger partial charge is 0.379 e. The highest BCUT2D eigenvalue weighted by Crippen LogP contribution is 2.11. The molecule has 0 atom stereocenters. The Hall–Kier alpha value is -1.59. The molecule has 0 radical (unpaired) electrons. The maximum atomic E-state index is 5.87. The van der Waals surface area contributed by atoms with Crippen LogP contribution in [0.3, 0.4) is 0 Å². The minimum absolute atomic E-state index is 0.574. The maximum Gasteiger partial charge on any atom is 0.243 e. The second-order valence-electron chi connectivity index (χ2n) is 3.70. The molecule has 0 spiro atoms. The Kier molecular flexibility index (Phi) is 4.55. The molecule has 2 rings (SSSR count). The standard InChI is InChI=1S/C12H15ClN4O/c1-2-3-7-18-8-6-14-12-15-11-5-4-10(13)9-17(11)16-12/h2,4-5,9H,1,3,6-8H2,(H,14,16). The number of halogens is 1. The summed E-state index contributed by atoms with van der Waals surface area (Å²) in [6.07, 6.45) is 4.42. The minimum atomic E-state index is 0.574. The molecule has 0 unspecified atom stereocenters. The zero-order chi connectivity index (χ0) is 12.8. The minimum Gasteiger partial charge on any atom is -0.379 e. The van der Waals surface area contributed by atoms with Crippen molar-refractivity contribution in [2.75, 3.05) is 25.1 Å². The lowest BCUT2D eigenvalue weighted by atomic mass is 10.4. The summed E-state index contributed by atoms with van der Waals surface area (Å²) in [5, 5.41) is 7.97. The number of fused-ring (bicyclic) bond motifs is 1. The third kappa shape index (κ3) is 3.45. The van der Waals surface area contributed by atoms with E-state index in [-0.39, 0.29) is 0 Å². The smallest absolute Gasteiger partial charge is 0.243 e. The van der Waals surface area contributed by atoms with Gasteiger partial charge in [-0.25, -0.2) is 4.52 Å². The molecule has 2 aromatic heterocycles. The predicted molar refractivity (Wildman–Crippen MR) is 72.1 cm³/mol. The van der Waals surface area contributed by atoms with Gasteiger partial charge in [0.05, 0.1) is 18.2 Å². The Morgan fingerprint density at radius 2 is 2.33 bits per heavy atom. The summed E-state index contributed by atoms with van der Waals surface area (Å²) in [6.45, 7) is 5.61. The Morgan fingerprint density at radius 1 is 1.44 bits per heavy atom. The highest BCUT2D eigenvalue weighted by atomic mass is 35.5. The van der Waals surface area contributed by atoms with Crippen molar-refractivity contribution in [3.05, 3.63) is 36.0 Å². The maximum absolute atomic E-state index is 5.87. The van der Waals surface area contributed by atoms with Gasteiger partial charge in [-0.15, -0.1) is 11.7 Å². The molecular formula is C12H15ClN4O. The third-order valence-corrected chi connectivity index (χ3v) is 2.51. The Labute approximate surface area is 110 Å². The van der Waals surface area contributed by atoms with Gasteiger partial charge in [0, 0.05) is 12.7 Å². The van der Waals surface area contributed by atoms with E-state index >= 15 is 0 Å². The van der Waals surface area contributed by atoms with Crippen LogP contribution in [0.5, 0.6) is 0 Å². The van der Waals surface area contributed by atoms with Crippen LogP contribution in [0.4, 0.5) is 5.95 Å². The van der Waals surface area contributed by atoms with Crippen molar-refractivity contribution in [1.29, 1.82) is 0 Å². The van der Waals surface area contributed by atoms with Gasteiger partial charge in [0.25, 0.3) is 0 Å². The average Bonchev–Trinajstić information content (AvgIpc) is 2.75. The van der Waals surface area contributed by atoms with E-state index in [9.17, 15) is 0 Å². The molecule has 0 aliphatic heterocycles. The van der Waals surface area contributed by atoms with Crippen molar-refractivity contribution in [1.82, 2.24) is 14.6 Å². The number of nitrogens with zero attached hydrogens (tertiary/aromatic N) is 3. The van der Waals surface area contributed by atoms with E-state index in [1.165, 1.54) is 0 Å². The van der Waals surface area contributed by atoms with Gasteiger partial charge in [0.15, 0.2) is 5.65 Å². The van der Waals surface area contributed by atoms with Crippen LogP contribution in [0.15, 0.2) is 31.0 Å². The molecule has 0 aromatic carbocycles. The number of ether oxygens (including phenoxy) is 1. The van der Waals surface area contributed by atoms with Crippen molar-refractivity contribution >= 4 is 23.2 Å². The first-order valence-electron chi connectivity index (χ1n) is 5.74. The lowest BCUT2D eigenvalue weighted by molar-refractivity contribution is 0.149. The second kappa shape index (κ2) is 6.37. The number of rotatable bonds is 7. The number of hydrogen-bond acceptors (Lipinski definition) is 4. The van der Waals surface area contributed by atoms with Crippen molar-refractivity contribution in [2.24, 2.45) is 0 Å². The molecule has 0 aliphatic carbocycles. The second-order valence-corrected chi connectivity index (χ2v) is 4.14. The normalized spacial score (nSPS) is 10.7. The van der Waals surface area contributed by atoms with Gasteiger partial charge in [-0.3, -0.25) is 0 Å². The highest BCUT2D eigenvalue weighted by Gasteiger charge is 2.02. The number of nitrogens with one attached hydrogen (secondary N) is 1. The fourth-order valence-corrected chi connectivity index (χ4v) is 1.59. The Bertz CT molecular complexity index is 526. The van der Waals surface area contributed by atoms with E-state index in [0.717, 1.165) is 12.1 Å². The first-order valence-corrected chi connectivity index (χ1v) is 6.12. The number of pyridine rings is 1. The molecule has 0 aliphatic rings. The Balaban J connectivity index is 1.82. The van der Waals surface area contributed by atoms with Crippen LogP contribution >= 0.6 is 11.6 Å². The van der Waals surface area contributed by atoms with E-state index in [1.807, 2.05) is 12.1 Å². The molecule has 1 N–H and O–H groups in total. The topological polar surface area (TPSA) is 51.5 Å². The van der Waals surface area contributed by atoms with Crippen molar-refractivity contribution in [3.63, 3.8) is 0 Å². The van der Waals surface area contributed by atoms with Crippen LogP contribution < -0.4 is 5.32 Å². The molecule has 0 bridgehead atoms. The molecular weight excluding hydrogens is 252 g/mol. The molecule has 2 aromatic rings. The van der Waals surface area contributed by atoms with Gasteiger partial charge in [-0.2, -0.15) is 4.98 Å². The monoisotopic (exact) mass is 266 g/mol. The lowest BCUT2D eigenvalue weighted by Gasteiger charge is -2.02. The van der Waals surface area contributed by atoms with Crippen LogP contribution in [0.25, 0.3) is 5.65 Å². The molecule has 5 nitrogen and oxygen atoms in total. The molecule has 2 heterocycles. The quantitative estimate of drug-likeness (QED) is 0.618. The van der Waals surface area contributed by atoms with Crippen molar-refractivity contribution in [3.8, 4) is 0 Å². The fraction of sp³-hybridized carbons (Fsp3) is 0.333. The van der Waals surface area contributed by atoms with E-state index in [4.69, 9.17) is 16.3 Å². The summed E-state index contributed by atoms with van der Waals surface area (Å²) >= 11 is 5.87. The van der Waals surface area contributed by atoms with E-state index in [2.05, 4.69) is 22.0 Å². The van der Waals surface area contributed by atoms with Crippen LogP contribution in [0, 0.1) is 0 Å². The van der Waals surface area contributed by atoms with Crippen LogP contribution in [-0.4, -0.2) is 34.4 Å². The van der Waals surface area contributed by atoms with Gasteiger partial charge < -0.3 is 10.1 Å². The Morgan fingerprint density at radius 3 is 3.17 bits per heavy atom. The lowest BCUT2D eigenvalue weighted by Crippen LogP contribution is -2.10. The summed E-state index contributed by atoms with van der Waals surface area (Å²) in [5.74, 6) is 0.574. The van der Waals surface area contributed by atoms with E-state index in [1.54, 1.807) is 16.8 Å². The van der Waals surface area contributed by atoms with Gasteiger partial charge in [0.1, 0.15) is 0 Å². The molecule has 18 heavy (non-hydrogen) atoms. The third-order valence-electron chi connectivity index (χ3n) is 2.29. The molecule has 0 saturated heterocycles. The molecule has 96 valence electrons. The SMILES string of the molecule is C=CCCOCCNc1nc2ccc(Cl)cn2n1. The van der Waals surface area contributed by atoms with Gasteiger partial charge >= 0.3 is 0 Å². The van der Waals surface area contributed by atoms with Gasteiger partial charge in [0.2, 0.25) is 5.95 Å². The summed E-state index contributed by atoms with van der Waals surface area (Å²) in [5.41, 5.74) is 0.759. The van der Waals surface area contributed by atoms with Crippen molar-refractivity contribution < 1.29 is 4.74 Å². The molecule has 0 fully saturated rings. The predicted octanol–water partition coefficient (Wildman–Crippen LogP) is 2.39.